The number of fused-ring (bicyclic) bond motifs is 1. The first-order chi connectivity index (χ1) is 16.8. The minimum atomic E-state index is -4.30. The van der Waals surface area contributed by atoms with Gasteiger partial charge in [0, 0.05) is 5.56 Å². The number of carbonyl (C=O) groups excluding carboxylic acids is 2. The standard InChI is InChI=1S/C25H28FN3O6S/c1-15-10-17(27-24(31)35-25(2,3)4)11-19-18(15)12-20(34-14-16-8-6-5-7-9-16)23(22(19)26)29-13-21(30)28-36(29,32)33/h5-10,12,17H,11,13-14H2,1-4H3,(H,27,31)(H,28,30)/t17-/m1/s1. The van der Waals surface area contributed by atoms with E-state index in [1.807, 2.05) is 35.1 Å². The van der Waals surface area contributed by atoms with Gasteiger partial charge in [-0.25, -0.2) is 18.2 Å². The number of nitrogens with one attached hydrogen (secondary N) is 2. The highest BCUT2D eigenvalue weighted by molar-refractivity contribution is 7.92. The number of amides is 2. The lowest BCUT2D eigenvalue weighted by Gasteiger charge is -2.29. The van der Waals surface area contributed by atoms with E-state index in [0.29, 0.717) is 15.4 Å². The van der Waals surface area contributed by atoms with Crippen LogP contribution in [0.25, 0.3) is 5.57 Å². The molecule has 0 unspecified atom stereocenters. The average molecular weight is 518 g/mol. The zero-order valence-electron chi connectivity index (χ0n) is 20.4. The maximum Gasteiger partial charge on any atom is 0.408 e. The Balaban J connectivity index is 1.73. The van der Waals surface area contributed by atoms with E-state index in [9.17, 15) is 18.0 Å². The van der Waals surface area contributed by atoms with E-state index in [0.717, 1.165) is 5.56 Å². The van der Waals surface area contributed by atoms with Crippen molar-refractivity contribution in [3.63, 3.8) is 0 Å². The molecule has 1 atom stereocenters. The lowest BCUT2D eigenvalue weighted by atomic mass is 9.87. The number of carbonyl (C=O) groups is 2. The number of anilines is 1. The molecule has 1 aliphatic heterocycles. The highest BCUT2D eigenvalue weighted by Gasteiger charge is 2.39. The second-order valence-corrected chi connectivity index (χ2v) is 11.3. The molecule has 4 rings (SSSR count). The molecule has 11 heteroatoms. The Kier molecular flexibility index (Phi) is 6.70. The Labute approximate surface area is 209 Å². The van der Waals surface area contributed by atoms with Gasteiger partial charge in [-0.15, -0.1) is 0 Å². The molecule has 36 heavy (non-hydrogen) atoms. The van der Waals surface area contributed by atoms with Crippen molar-refractivity contribution in [2.45, 2.75) is 52.4 Å². The van der Waals surface area contributed by atoms with Gasteiger partial charge in [0.2, 0.25) is 0 Å². The van der Waals surface area contributed by atoms with Crippen molar-refractivity contribution >= 4 is 33.5 Å². The monoisotopic (exact) mass is 517 g/mol. The lowest BCUT2D eigenvalue weighted by molar-refractivity contribution is -0.117. The minimum Gasteiger partial charge on any atom is -0.487 e. The van der Waals surface area contributed by atoms with Crippen molar-refractivity contribution in [1.82, 2.24) is 10.0 Å². The Morgan fingerprint density at radius 1 is 1.25 bits per heavy atom. The first-order valence-corrected chi connectivity index (χ1v) is 12.8. The van der Waals surface area contributed by atoms with Crippen LogP contribution in [-0.2, 0) is 32.8 Å². The van der Waals surface area contributed by atoms with Crippen molar-refractivity contribution in [2.24, 2.45) is 0 Å². The molecule has 1 fully saturated rings. The van der Waals surface area contributed by atoms with Gasteiger partial charge in [-0.05, 0) is 56.9 Å². The summed E-state index contributed by atoms with van der Waals surface area (Å²) >= 11 is 0. The van der Waals surface area contributed by atoms with Crippen LogP contribution >= 0.6 is 0 Å². The molecule has 2 N–H and O–H groups in total. The maximum atomic E-state index is 16.1. The predicted octanol–water partition coefficient (Wildman–Crippen LogP) is 3.44. The zero-order chi connectivity index (χ0) is 26.3. The number of allylic oxidation sites excluding steroid dienone is 1. The van der Waals surface area contributed by atoms with E-state index >= 15 is 4.39 Å². The normalized spacial score (nSPS) is 18.7. The number of rotatable bonds is 5. The molecule has 9 nitrogen and oxygen atoms in total. The van der Waals surface area contributed by atoms with Gasteiger partial charge < -0.3 is 14.8 Å². The Hall–Kier alpha value is -3.60. The molecule has 1 aliphatic carbocycles. The Morgan fingerprint density at radius 3 is 2.56 bits per heavy atom. The quantitative estimate of drug-likeness (QED) is 0.628. The van der Waals surface area contributed by atoms with E-state index < -0.39 is 46.2 Å². The summed E-state index contributed by atoms with van der Waals surface area (Å²) in [5, 5.41) is 2.71. The molecule has 192 valence electrons. The van der Waals surface area contributed by atoms with Crippen molar-refractivity contribution in [3.05, 3.63) is 65.0 Å². The summed E-state index contributed by atoms with van der Waals surface area (Å²) in [5.41, 5.74) is 1.14. The van der Waals surface area contributed by atoms with Gasteiger partial charge in [0.15, 0.2) is 5.82 Å². The largest absolute Gasteiger partial charge is 0.487 e. The SMILES string of the molecule is CC1=C[C@@H](NC(=O)OC(C)(C)C)Cc2c1cc(OCc1ccccc1)c(N1CC(=O)NS1(=O)=O)c2F. The smallest absolute Gasteiger partial charge is 0.408 e. The fourth-order valence-corrected chi connectivity index (χ4v) is 5.31. The number of ether oxygens (including phenoxy) is 2. The molecule has 0 spiro atoms. The topological polar surface area (TPSA) is 114 Å². The molecule has 1 saturated heterocycles. The van der Waals surface area contributed by atoms with Gasteiger partial charge >= 0.3 is 16.3 Å². The molecular weight excluding hydrogens is 489 g/mol. The molecular formula is C25H28FN3O6S. The van der Waals surface area contributed by atoms with E-state index in [2.05, 4.69) is 5.32 Å². The molecule has 0 saturated carbocycles. The fraction of sp³-hybridized carbons (Fsp3) is 0.360. The van der Waals surface area contributed by atoms with Crippen molar-refractivity contribution in [2.75, 3.05) is 10.8 Å². The molecule has 2 aromatic carbocycles. The number of benzene rings is 2. The third kappa shape index (κ3) is 5.46. The van der Waals surface area contributed by atoms with Crippen LogP contribution in [0.15, 0.2) is 42.5 Å². The first kappa shape index (κ1) is 25.5. The van der Waals surface area contributed by atoms with E-state index in [4.69, 9.17) is 9.47 Å². The Bertz CT molecular complexity index is 1340. The van der Waals surface area contributed by atoms with Gasteiger partial charge in [-0.2, -0.15) is 8.42 Å². The van der Waals surface area contributed by atoms with Crippen molar-refractivity contribution < 1.29 is 31.9 Å². The predicted molar refractivity (Wildman–Crippen MR) is 132 cm³/mol. The number of alkyl carbamates (subject to hydrolysis) is 1. The molecule has 2 aromatic rings. The van der Waals surface area contributed by atoms with Gasteiger partial charge in [0.1, 0.15) is 30.2 Å². The summed E-state index contributed by atoms with van der Waals surface area (Å²) in [6.07, 6.45) is 1.18. The zero-order valence-corrected chi connectivity index (χ0v) is 21.2. The van der Waals surface area contributed by atoms with Crippen LogP contribution in [0.3, 0.4) is 0 Å². The highest BCUT2D eigenvalue weighted by atomic mass is 32.2. The van der Waals surface area contributed by atoms with Crippen LogP contribution in [0.1, 0.15) is 44.4 Å². The summed E-state index contributed by atoms with van der Waals surface area (Å²) < 4.78 is 55.1. The first-order valence-electron chi connectivity index (χ1n) is 11.4. The van der Waals surface area contributed by atoms with Crippen LogP contribution in [0.5, 0.6) is 5.75 Å². The molecule has 2 amide bonds. The second kappa shape index (κ2) is 9.45. The summed E-state index contributed by atoms with van der Waals surface area (Å²) in [6.45, 7) is 6.45. The van der Waals surface area contributed by atoms with Crippen molar-refractivity contribution in [1.29, 1.82) is 0 Å². The lowest BCUT2D eigenvalue weighted by Crippen LogP contribution is -2.40. The third-order valence-corrected chi connectivity index (χ3v) is 6.99. The van der Waals surface area contributed by atoms with Gasteiger partial charge in [-0.3, -0.25) is 4.79 Å². The second-order valence-electron chi connectivity index (χ2n) is 9.68. The fourth-order valence-electron chi connectivity index (χ4n) is 4.15. The van der Waals surface area contributed by atoms with Crippen LogP contribution in [0.4, 0.5) is 14.9 Å². The van der Waals surface area contributed by atoms with Gasteiger partial charge in [0.05, 0.1) is 6.04 Å². The molecule has 0 bridgehead atoms. The summed E-state index contributed by atoms with van der Waals surface area (Å²) in [6, 6.07) is 10.1. The summed E-state index contributed by atoms with van der Waals surface area (Å²) in [4.78, 5) is 24.2. The molecule has 0 aromatic heterocycles. The molecule has 1 heterocycles. The number of hydrogen-bond acceptors (Lipinski definition) is 6. The average Bonchev–Trinajstić information content (AvgIpc) is 3.04. The maximum absolute atomic E-state index is 16.1. The van der Waals surface area contributed by atoms with Gasteiger partial charge in [-0.1, -0.05) is 36.4 Å². The summed E-state index contributed by atoms with van der Waals surface area (Å²) in [7, 11) is -4.30. The number of hydrogen-bond donors (Lipinski definition) is 2. The molecule has 0 radical (unpaired) electrons. The van der Waals surface area contributed by atoms with E-state index in [-0.39, 0.29) is 30.0 Å². The minimum absolute atomic E-state index is 0.0125. The highest BCUT2D eigenvalue weighted by Crippen LogP contribution is 2.42. The van der Waals surface area contributed by atoms with Crippen molar-refractivity contribution in [3.8, 4) is 5.75 Å². The van der Waals surface area contributed by atoms with Crippen LogP contribution in [0.2, 0.25) is 0 Å². The molecule has 2 aliphatic rings. The van der Waals surface area contributed by atoms with Crippen LogP contribution in [0, 0.1) is 5.82 Å². The summed E-state index contributed by atoms with van der Waals surface area (Å²) in [5.74, 6) is -1.62. The van der Waals surface area contributed by atoms with E-state index in [1.54, 1.807) is 39.8 Å². The van der Waals surface area contributed by atoms with E-state index in [1.165, 1.54) is 0 Å². The number of halogens is 1. The van der Waals surface area contributed by atoms with Crippen LogP contribution in [-0.4, -0.2) is 38.6 Å². The van der Waals surface area contributed by atoms with Crippen LogP contribution < -0.4 is 19.1 Å². The third-order valence-electron chi connectivity index (χ3n) is 5.62. The Morgan fingerprint density at radius 2 is 1.94 bits per heavy atom. The van der Waals surface area contributed by atoms with Gasteiger partial charge in [0.25, 0.3) is 5.91 Å². The number of nitrogens with zero attached hydrogens (tertiary/aromatic N) is 1.